The Bertz CT molecular complexity index is 1180. The second-order valence-corrected chi connectivity index (χ2v) is 7.72. The third-order valence-corrected chi connectivity index (χ3v) is 5.68. The number of nitrogens with zero attached hydrogens (tertiary/aromatic N) is 2. The third kappa shape index (κ3) is 3.60. The summed E-state index contributed by atoms with van der Waals surface area (Å²) in [7, 11) is 0. The number of halogens is 1. The van der Waals surface area contributed by atoms with Crippen LogP contribution < -0.4 is 5.56 Å². The summed E-state index contributed by atoms with van der Waals surface area (Å²) in [4.78, 5) is 18.5. The summed E-state index contributed by atoms with van der Waals surface area (Å²) < 4.78 is 14.8. The predicted molar refractivity (Wildman–Crippen MR) is 111 cm³/mol. The zero-order chi connectivity index (χ0) is 19.7. The number of fused-ring (bicyclic) bond motifs is 1. The van der Waals surface area contributed by atoms with Crippen molar-refractivity contribution in [2.45, 2.75) is 30.9 Å². The van der Waals surface area contributed by atoms with Crippen molar-refractivity contribution < 1.29 is 4.39 Å². The van der Waals surface area contributed by atoms with Crippen LogP contribution in [0, 0.1) is 12.7 Å². The molecule has 0 unspecified atom stereocenters. The molecule has 4 rings (SSSR count). The molecule has 6 heteroatoms. The topological polar surface area (TPSA) is 50.2 Å². The van der Waals surface area contributed by atoms with Gasteiger partial charge in [0.25, 0.3) is 5.56 Å². The van der Waals surface area contributed by atoms with Crippen molar-refractivity contribution in [1.82, 2.24) is 14.6 Å². The van der Waals surface area contributed by atoms with E-state index < -0.39 is 0 Å². The molecule has 0 bridgehead atoms. The Morgan fingerprint density at radius 3 is 2.50 bits per heavy atom. The summed E-state index contributed by atoms with van der Waals surface area (Å²) in [6.45, 7) is 4.07. The van der Waals surface area contributed by atoms with Crippen LogP contribution in [0.3, 0.4) is 0 Å². The number of hydrogen-bond donors (Lipinski definition) is 1. The van der Waals surface area contributed by atoms with Crippen LogP contribution in [-0.4, -0.2) is 14.6 Å². The van der Waals surface area contributed by atoms with E-state index >= 15 is 0 Å². The Labute approximate surface area is 166 Å². The maximum absolute atomic E-state index is 13.4. The summed E-state index contributed by atoms with van der Waals surface area (Å²) >= 11 is 1.65. The van der Waals surface area contributed by atoms with Crippen molar-refractivity contribution in [3.8, 4) is 11.1 Å². The fourth-order valence-electron chi connectivity index (χ4n) is 3.17. The molecular formula is C22H20FN3OS. The SMILES string of the molecule is CCc1[nH]n2c(=O)cc(CSc3ccc(C)cc3)nc2c1-c1ccc(F)cc1. The number of hydrogen-bond acceptors (Lipinski definition) is 3. The lowest BCUT2D eigenvalue weighted by Gasteiger charge is -2.05. The molecule has 28 heavy (non-hydrogen) atoms. The normalized spacial score (nSPS) is 11.2. The van der Waals surface area contributed by atoms with Crippen molar-refractivity contribution in [1.29, 1.82) is 0 Å². The number of benzene rings is 2. The first-order chi connectivity index (χ1) is 13.5. The van der Waals surface area contributed by atoms with E-state index in [0.29, 0.717) is 17.8 Å². The molecule has 2 aromatic carbocycles. The number of aryl methyl sites for hydroxylation is 2. The van der Waals surface area contributed by atoms with Gasteiger partial charge in [0.05, 0.1) is 5.69 Å². The second-order valence-electron chi connectivity index (χ2n) is 6.67. The fourth-order valence-corrected chi connectivity index (χ4v) is 3.96. The van der Waals surface area contributed by atoms with Gasteiger partial charge in [-0.15, -0.1) is 11.8 Å². The van der Waals surface area contributed by atoms with E-state index in [9.17, 15) is 9.18 Å². The third-order valence-electron chi connectivity index (χ3n) is 4.64. The molecule has 0 saturated heterocycles. The minimum Gasteiger partial charge on any atom is -0.293 e. The van der Waals surface area contributed by atoms with Crippen LogP contribution >= 0.6 is 11.8 Å². The standard InChI is InChI=1S/C22H20FN3OS/c1-3-19-21(15-6-8-16(23)9-7-15)22-24-17(12-20(27)26(22)25-19)13-28-18-10-4-14(2)5-11-18/h4-12,25H,3,13H2,1-2H3. The van der Waals surface area contributed by atoms with Crippen LogP contribution in [0.25, 0.3) is 16.8 Å². The fraction of sp³-hybridized carbons (Fsp3) is 0.182. The van der Waals surface area contributed by atoms with Gasteiger partial charge in [0.1, 0.15) is 5.82 Å². The van der Waals surface area contributed by atoms with Crippen LogP contribution in [0.4, 0.5) is 4.39 Å². The zero-order valence-electron chi connectivity index (χ0n) is 15.7. The summed E-state index contributed by atoms with van der Waals surface area (Å²) in [5.41, 5.74) is 4.96. The Morgan fingerprint density at radius 2 is 1.82 bits per heavy atom. The Balaban J connectivity index is 1.75. The van der Waals surface area contributed by atoms with Gasteiger partial charge in [0, 0.05) is 28.0 Å². The first-order valence-electron chi connectivity index (χ1n) is 9.14. The highest BCUT2D eigenvalue weighted by atomic mass is 32.2. The van der Waals surface area contributed by atoms with E-state index in [0.717, 1.165) is 27.4 Å². The predicted octanol–water partition coefficient (Wildman–Crippen LogP) is 4.99. The van der Waals surface area contributed by atoms with Gasteiger partial charge in [-0.25, -0.2) is 13.9 Å². The minimum atomic E-state index is -0.290. The van der Waals surface area contributed by atoms with Gasteiger partial charge in [-0.2, -0.15) is 0 Å². The van der Waals surface area contributed by atoms with Gasteiger partial charge in [-0.1, -0.05) is 36.8 Å². The van der Waals surface area contributed by atoms with Crippen molar-refractivity contribution >= 4 is 17.4 Å². The monoisotopic (exact) mass is 393 g/mol. The molecule has 2 heterocycles. The van der Waals surface area contributed by atoms with Crippen molar-refractivity contribution in [3.63, 3.8) is 0 Å². The average Bonchev–Trinajstić information content (AvgIpc) is 3.07. The summed E-state index contributed by atoms with van der Waals surface area (Å²) in [5, 5.41) is 3.14. The zero-order valence-corrected chi connectivity index (χ0v) is 16.5. The molecule has 0 radical (unpaired) electrons. The second kappa shape index (κ2) is 7.64. The van der Waals surface area contributed by atoms with Crippen LogP contribution in [0.5, 0.6) is 0 Å². The highest BCUT2D eigenvalue weighted by Gasteiger charge is 2.16. The van der Waals surface area contributed by atoms with Gasteiger partial charge in [-0.3, -0.25) is 9.89 Å². The molecule has 1 N–H and O–H groups in total. The molecule has 142 valence electrons. The van der Waals surface area contributed by atoms with Crippen LogP contribution in [0.1, 0.15) is 23.9 Å². The van der Waals surface area contributed by atoms with Gasteiger partial charge in [0.2, 0.25) is 0 Å². The Kier molecular flexibility index (Phi) is 5.05. The average molecular weight is 393 g/mol. The molecule has 0 aliphatic carbocycles. The first kappa shape index (κ1) is 18.5. The highest BCUT2D eigenvalue weighted by molar-refractivity contribution is 7.98. The van der Waals surface area contributed by atoms with E-state index in [1.807, 2.05) is 6.92 Å². The van der Waals surface area contributed by atoms with Crippen molar-refractivity contribution in [2.75, 3.05) is 0 Å². The van der Waals surface area contributed by atoms with E-state index in [1.165, 1.54) is 22.2 Å². The van der Waals surface area contributed by atoms with Crippen LogP contribution in [-0.2, 0) is 12.2 Å². The van der Waals surface area contributed by atoms with E-state index in [1.54, 1.807) is 30.0 Å². The smallest absolute Gasteiger partial charge is 0.272 e. The number of nitrogens with one attached hydrogen (secondary N) is 1. The van der Waals surface area contributed by atoms with E-state index in [2.05, 4.69) is 36.3 Å². The Morgan fingerprint density at radius 1 is 1.11 bits per heavy atom. The quantitative estimate of drug-likeness (QED) is 0.486. The van der Waals surface area contributed by atoms with E-state index in [-0.39, 0.29) is 11.4 Å². The molecule has 0 aliphatic heterocycles. The molecule has 0 fully saturated rings. The van der Waals surface area contributed by atoms with Crippen molar-refractivity contribution in [2.24, 2.45) is 0 Å². The number of aromatic amines is 1. The van der Waals surface area contributed by atoms with Crippen LogP contribution in [0.2, 0.25) is 0 Å². The van der Waals surface area contributed by atoms with E-state index in [4.69, 9.17) is 4.98 Å². The molecule has 0 aliphatic rings. The molecule has 4 aromatic rings. The maximum Gasteiger partial charge on any atom is 0.272 e. The summed E-state index contributed by atoms with van der Waals surface area (Å²) in [5.74, 6) is 0.312. The molecule has 4 nitrogen and oxygen atoms in total. The highest BCUT2D eigenvalue weighted by Crippen LogP contribution is 2.28. The summed E-state index contributed by atoms with van der Waals surface area (Å²) in [6, 6.07) is 16.1. The number of rotatable bonds is 5. The van der Waals surface area contributed by atoms with Gasteiger partial charge >= 0.3 is 0 Å². The summed E-state index contributed by atoms with van der Waals surface area (Å²) in [6.07, 6.45) is 0.711. The molecule has 2 aromatic heterocycles. The van der Waals surface area contributed by atoms with Crippen LogP contribution in [0.15, 0.2) is 64.3 Å². The first-order valence-corrected chi connectivity index (χ1v) is 10.1. The molecule has 0 spiro atoms. The van der Waals surface area contributed by atoms with Crippen molar-refractivity contribution in [3.05, 3.63) is 87.7 Å². The molecule has 0 atom stereocenters. The molecular weight excluding hydrogens is 373 g/mol. The van der Waals surface area contributed by atoms with Gasteiger partial charge < -0.3 is 0 Å². The number of thioether (sulfide) groups is 1. The Hall–Kier alpha value is -2.86. The van der Waals surface area contributed by atoms with Gasteiger partial charge in [0.15, 0.2) is 5.65 Å². The lowest BCUT2D eigenvalue weighted by Crippen LogP contribution is -2.15. The number of aromatic nitrogens is 3. The van der Waals surface area contributed by atoms with Gasteiger partial charge in [-0.05, 0) is 43.2 Å². The largest absolute Gasteiger partial charge is 0.293 e. The number of H-pyrrole nitrogens is 1. The molecule has 0 amide bonds. The minimum absolute atomic E-state index is 0.146. The maximum atomic E-state index is 13.4. The molecule has 0 saturated carbocycles. The lowest BCUT2D eigenvalue weighted by atomic mass is 10.0. The lowest BCUT2D eigenvalue weighted by molar-refractivity contribution is 0.628.